The van der Waals surface area contributed by atoms with Crippen LogP contribution < -0.4 is 0 Å². The number of ether oxygens (including phenoxy) is 5. The van der Waals surface area contributed by atoms with E-state index in [0.717, 1.165) is 12.8 Å². The molecule has 4 rings (SSSR count). The number of hydrogen-bond acceptors (Lipinski definition) is 7. The fraction of sp³-hybridized carbons (Fsp3) is 0.852. The molecular weight excluding hydrogens is 436 g/mol. The maximum absolute atomic E-state index is 12.3. The highest BCUT2D eigenvalue weighted by Gasteiger charge is 2.77. The van der Waals surface area contributed by atoms with Crippen LogP contribution in [-0.2, 0) is 33.3 Å². The zero-order chi connectivity index (χ0) is 25.5. The van der Waals surface area contributed by atoms with Crippen molar-refractivity contribution in [2.75, 3.05) is 0 Å². The van der Waals surface area contributed by atoms with Gasteiger partial charge in [-0.3, -0.25) is 9.59 Å². The first kappa shape index (κ1) is 25.6. The number of carbonyl (C=O) groups is 2. The molecule has 9 atom stereocenters. The van der Waals surface area contributed by atoms with Gasteiger partial charge in [0.05, 0.1) is 11.7 Å². The zero-order valence-corrected chi connectivity index (χ0v) is 22.2. The van der Waals surface area contributed by atoms with Gasteiger partial charge < -0.3 is 23.7 Å². The number of esters is 2. The fourth-order valence-electron chi connectivity index (χ4n) is 8.26. The molecule has 7 heteroatoms. The molecule has 0 unspecified atom stereocenters. The van der Waals surface area contributed by atoms with Crippen LogP contribution in [0.1, 0.15) is 81.6 Å². The molecule has 2 aliphatic heterocycles. The Hall–Kier alpha value is -1.44. The summed E-state index contributed by atoms with van der Waals surface area (Å²) in [6.07, 6.45) is 2.35. The number of hydrogen-bond donors (Lipinski definition) is 0. The van der Waals surface area contributed by atoms with Gasteiger partial charge in [0.25, 0.3) is 0 Å². The third-order valence-electron chi connectivity index (χ3n) is 9.06. The molecule has 4 aliphatic rings. The van der Waals surface area contributed by atoms with Gasteiger partial charge in [0.1, 0.15) is 23.9 Å². The second-order valence-corrected chi connectivity index (χ2v) is 12.6. The molecule has 0 aromatic heterocycles. The molecule has 2 saturated heterocycles. The highest BCUT2D eigenvalue weighted by molar-refractivity contribution is 5.67. The summed E-state index contributed by atoms with van der Waals surface area (Å²) in [7, 11) is 0. The Morgan fingerprint density at radius 2 is 1.56 bits per heavy atom. The van der Waals surface area contributed by atoms with Gasteiger partial charge in [0.15, 0.2) is 5.79 Å². The number of carbonyl (C=O) groups excluding carboxylic acids is 2. The molecule has 4 fully saturated rings. The van der Waals surface area contributed by atoms with Gasteiger partial charge in [0.2, 0.25) is 0 Å². The first-order valence-electron chi connectivity index (χ1n) is 12.5. The summed E-state index contributed by atoms with van der Waals surface area (Å²) in [6.45, 7) is 21.5. The minimum absolute atomic E-state index is 0.0160. The van der Waals surface area contributed by atoms with E-state index < -0.39 is 34.6 Å². The van der Waals surface area contributed by atoms with Crippen LogP contribution in [-0.4, -0.2) is 53.3 Å². The van der Waals surface area contributed by atoms with Gasteiger partial charge in [-0.15, -0.1) is 6.58 Å². The normalized spacial score (nSPS) is 48.6. The Morgan fingerprint density at radius 1 is 0.941 bits per heavy atom. The molecule has 34 heavy (non-hydrogen) atoms. The van der Waals surface area contributed by atoms with Crippen LogP contribution >= 0.6 is 0 Å². The van der Waals surface area contributed by atoms with Gasteiger partial charge in [-0.25, -0.2) is 0 Å². The quantitative estimate of drug-likeness (QED) is 0.434. The lowest BCUT2D eigenvalue weighted by Gasteiger charge is -2.69. The predicted molar refractivity (Wildman–Crippen MR) is 126 cm³/mol. The van der Waals surface area contributed by atoms with Crippen LogP contribution in [0.2, 0.25) is 0 Å². The minimum Gasteiger partial charge on any atom is -0.462 e. The van der Waals surface area contributed by atoms with Crippen molar-refractivity contribution in [2.45, 2.75) is 123 Å². The highest BCUT2D eigenvalue weighted by atomic mass is 16.8. The van der Waals surface area contributed by atoms with E-state index >= 15 is 0 Å². The Labute approximate surface area is 203 Å². The summed E-state index contributed by atoms with van der Waals surface area (Å²) < 4.78 is 32.2. The molecule has 7 nitrogen and oxygen atoms in total. The maximum atomic E-state index is 12.3. The summed E-state index contributed by atoms with van der Waals surface area (Å²) in [5.74, 6) is -1.76. The molecule has 2 aliphatic carbocycles. The second kappa shape index (κ2) is 7.78. The maximum Gasteiger partial charge on any atom is 0.302 e. The van der Waals surface area contributed by atoms with E-state index in [1.54, 1.807) is 6.08 Å². The van der Waals surface area contributed by atoms with Gasteiger partial charge in [0, 0.05) is 37.5 Å². The first-order chi connectivity index (χ1) is 15.5. The molecule has 0 N–H and O–H groups in total. The number of fused-ring (bicyclic) bond motifs is 6. The molecule has 0 aromatic carbocycles. The zero-order valence-electron chi connectivity index (χ0n) is 22.2. The summed E-state index contributed by atoms with van der Waals surface area (Å²) in [6, 6.07) is 0. The van der Waals surface area contributed by atoms with Crippen LogP contribution in [0.3, 0.4) is 0 Å². The average Bonchev–Trinajstić information content (AvgIpc) is 2.98. The predicted octanol–water partition coefficient (Wildman–Crippen LogP) is 4.57. The van der Waals surface area contributed by atoms with Crippen LogP contribution in [0.25, 0.3) is 0 Å². The third-order valence-corrected chi connectivity index (χ3v) is 9.06. The van der Waals surface area contributed by atoms with E-state index in [4.69, 9.17) is 23.7 Å². The van der Waals surface area contributed by atoms with Crippen molar-refractivity contribution in [2.24, 2.45) is 22.7 Å². The lowest BCUT2D eigenvalue weighted by atomic mass is 9.41. The molecule has 0 aromatic rings. The Balaban J connectivity index is 1.98. The molecule has 2 saturated carbocycles. The van der Waals surface area contributed by atoms with Crippen molar-refractivity contribution in [1.82, 2.24) is 0 Å². The largest absolute Gasteiger partial charge is 0.462 e. The Morgan fingerprint density at radius 3 is 2.12 bits per heavy atom. The van der Waals surface area contributed by atoms with E-state index in [1.807, 2.05) is 27.7 Å². The molecule has 0 spiro atoms. The van der Waals surface area contributed by atoms with Crippen molar-refractivity contribution in [3.8, 4) is 0 Å². The van der Waals surface area contributed by atoms with Crippen molar-refractivity contribution >= 4 is 11.9 Å². The molecular formula is C27H42O7. The van der Waals surface area contributed by atoms with E-state index in [9.17, 15) is 9.59 Å². The van der Waals surface area contributed by atoms with Gasteiger partial charge in [-0.2, -0.15) is 0 Å². The van der Waals surface area contributed by atoms with E-state index in [1.165, 1.54) is 13.8 Å². The van der Waals surface area contributed by atoms with Crippen LogP contribution in [0.5, 0.6) is 0 Å². The molecule has 192 valence electrons. The van der Waals surface area contributed by atoms with Crippen molar-refractivity contribution in [3.63, 3.8) is 0 Å². The van der Waals surface area contributed by atoms with E-state index in [2.05, 4.69) is 27.4 Å². The van der Waals surface area contributed by atoms with Gasteiger partial charge >= 0.3 is 11.9 Å². The lowest BCUT2D eigenvalue weighted by molar-refractivity contribution is -0.338. The third kappa shape index (κ3) is 3.73. The van der Waals surface area contributed by atoms with Crippen LogP contribution in [0.15, 0.2) is 12.7 Å². The SMILES string of the molecule is C=C[C@@]1(C)C[C@@H](OC(C)=O)[C@H]2[C@](C)(O1)[C@H]1OC(C)(C)O[C@H]1[C@H]1C(C)(C)CC[C@@H](OC(C)=O)[C@@]12C. The van der Waals surface area contributed by atoms with Gasteiger partial charge in [-0.1, -0.05) is 26.8 Å². The highest BCUT2D eigenvalue weighted by Crippen LogP contribution is 2.69. The summed E-state index contributed by atoms with van der Waals surface area (Å²) in [5, 5.41) is 0. The van der Waals surface area contributed by atoms with Crippen LogP contribution in [0.4, 0.5) is 0 Å². The smallest absolute Gasteiger partial charge is 0.302 e. The van der Waals surface area contributed by atoms with Crippen molar-refractivity contribution < 1.29 is 33.3 Å². The monoisotopic (exact) mass is 478 g/mol. The summed E-state index contributed by atoms with van der Waals surface area (Å²) >= 11 is 0. The van der Waals surface area contributed by atoms with Crippen LogP contribution in [0, 0.1) is 22.7 Å². The van der Waals surface area contributed by atoms with Gasteiger partial charge in [-0.05, 0) is 46.0 Å². The standard InChI is InChI=1S/C27H42O7/c1-11-25(8)14-17(30-15(2)28)20-26(9)18(31-16(3)29)12-13-23(4,5)21(26)19-22(27(20,10)34-25)33-24(6,7)32-19/h11,17-22H,1,12-14H2,2-10H3/t17-,18-,19+,20-,21+,22+,25+,26-,27+/m1/s1. The Kier molecular flexibility index (Phi) is 5.87. The first-order valence-corrected chi connectivity index (χ1v) is 12.5. The topological polar surface area (TPSA) is 80.3 Å². The number of rotatable bonds is 3. The molecule has 0 amide bonds. The molecule has 2 heterocycles. The average molecular weight is 479 g/mol. The second-order valence-electron chi connectivity index (χ2n) is 12.6. The Bertz CT molecular complexity index is 880. The summed E-state index contributed by atoms with van der Waals surface area (Å²) in [4.78, 5) is 24.6. The van der Waals surface area contributed by atoms with Crippen molar-refractivity contribution in [1.29, 1.82) is 0 Å². The summed E-state index contributed by atoms with van der Waals surface area (Å²) in [5.41, 5.74) is -2.32. The van der Waals surface area contributed by atoms with E-state index in [-0.39, 0.29) is 41.4 Å². The lowest BCUT2D eigenvalue weighted by Crippen LogP contribution is -2.78. The van der Waals surface area contributed by atoms with Crippen molar-refractivity contribution in [3.05, 3.63) is 12.7 Å². The minimum atomic E-state index is -0.878. The fourth-order valence-corrected chi connectivity index (χ4v) is 8.26. The van der Waals surface area contributed by atoms with E-state index in [0.29, 0.717) is 6.42 Å². The molecule has 0 radical (unpaired) electrons. The molecule has 0 bridgehead atoms.